The highest BCUT2D eigenvalue weighted by Crippen LogP contribution is 2.61. The summed E-state index contributed by atoms with van der Waals surface area (Å²) in [5.41, 5.74) is 6.40. The number of benzene rings is 1. The Morgan fingerprint density at radius 3 is 2.56 bits per heavy atom. The highest BCUT2D eigenvalue weighted by molar-refractivity contribution is 7.68. The minimum Gasteiger partial charge on any atom is -0.0991 e. The standard InChI is InChI=1S/C31H45P/c1-7-11-13-27(9-3)30-20-26(12-8-2)22-31(23-30)16-18-32(19-17-31)25(6)29-15-14-24(5)28(10-4)21-29/h7,9,11,13-15,21,26,30H,1,6,8,10,12,16-20,22-23H2,2-5H3/b13-11-,27-9+. The molecule has 0 bridgehead atoms. The van der Waals surface area contributed by atoms with Gasteiger partial charge in [0.15, 0.2) is 0 Å². The topological polar surface area (TPSA) is 0 Å². The van der Waals surface area contributed by atoms with E-state index in [1.54, 1.807) is 0 Å². The molecule has 1 heterocycles. The Morgan fingerprint density at radius 2 is 1.94 bits per heavy atom. The van der Waals surface area contributed by atoms with Crippen LogP contribution in [-0.2, 0) is 6.42 Å². The van der Waals surface area contributed by atoms with E-state index in [0.29, 0.717) is 5.41 Å². The van der Waals surface area contributed by atoms with Crippen molar-refractivity contribution in [3.63, 3.8) is 0 Å². The van der Waals surface area contributed by atoms with Crippen molar-refractivity contribution in [2.24, 2.45) is 17.3 Å². The fraction of sp³-hybridized carbons (Fsp3) is 0.548. The number of hydrogen-bond donors (Lipinski definition) is 0. The Kier molecular flexibility index (Phi) is 9.19. The molecule has 0 nitrogen and oxygen atoms in total. The fourth-order valence-electron chi connectivity index (χ4n) is 6.39. The van der Waals surface area contributed by atoms with Crippen LogP contribution >= 0.6 is 7.92 Å². The Balaban J connectivity index is 1.73. The Labute approximate surface area is 199 Å². The lowest BCUT2D eigenvalue weighted by Gasteiger charge is -2.49. The minimum absolute atomic E-state index is 0.0881. The van der Waals surface area contributed by atoms with Crippen molar-refractivity contribution in [2.75, 3.05) is 12.3 Å². The molecule has 2 unspecified atom stereocenters. The predicted octanol–water partition coefficient (Wildman–Crippen LogP) is 9.70. The van der Waals surface area contributed by atoms with Crippen LogP contribution in [0.1, 0.15) is 82.4 Å². The van der Waals surface area contributed by atoms with Gasteiger partial charge in [0.1, 0.15) is 0 Å². The van der Waals surface area contributed by atoms with Crippen LogP contribution in [0.3, 0.4) is 0 Å². The van der Waals surface area contributed by atoms with Crippen molar-refractivity contribution in [3.8, 4) is 0 Å². The van der Waals surface area contributed by atoms with Gasteiger partial charge in [0, 0.05) is 0 Å². The van der Waals surface area contributed by atoms with E-state index in [1.165, 1.54) is 84.8 Å². The third kappa shape index (κ3) is 5.94. The Bertz CT molecular complexity index is 847. The summed E-state index contributed by atoms with van der Waals surface area (Å²) >= 11 is 0. The van der Waals surface area contributed by atoms with Gasteiger partial charge in [-0.25, -0.2) is 0 Å². The van der Waals surface area contributed by atoms with Gasteiger partial charge >= 0.3 is 0 Å². The maximum Gasteiger partial charge on any atom is -0.0157 e. The van der Waals surface area contributed by atoms with Gasteiger partial charge in [0.25, 0.3) is 0 Å². The van der Waals surface area contributed by atoms with Crippen molar-refractivity contribution in [2.45, 2.75) is 79.1 Å². The first-order valence-corrected chi connectivity index (χ1v) is 14.7. The Hall–Kier alpha value is -1.39. The molecule has 1 aliphatic heterocycles. The zero-order chi connectivity index (χ0) is 23.1. The highest BCUT2D eigenvalue weighted by atomic mass is 31.1. The van der Waals surface area contributed by atoms with Gasteiger partial charge in [-0.1, -0.05) is 90.3 Å². The van der Waals surface area contributed by atoms with Crippen molar-refractivity contribution >= 4 is 13.2 Å². The third-order valence-electron chi connectivity index (χ3n) is 8.21. The van der Waals surface area contributed by atoms with E-state index in [1.807, 2.05) is 6.08 Å². The maximum absolute atomic E-state index is 4.62. The molecule has 3 rings (SSSR count). The summed E-state index contributed by atoms with van der Waals surface area (Å²) in [7, 11) is -0.0881. The van der Waals surface area contributed by atoms with E-state index in [4.69, 9.17) is 0 Å². The quantitative estimate of drug-likeness (QED) is 0.274. The van der Waals surface area contributed by atoms with Crippen LogP contribution in [0.2, 0.25) is 0 Å². The van der Waals surface area contributed by atoms with Crippen molar-refractivity contribution in [1.82, 2.24) is 0 Å². The zero-order valence-electron chi connectivity index (χ0n) is 21.1. The zero-order valence-corrected chi connectivity index (χ0v) is 22.0. The van der Waals surface area contributed by atoms with Crippen LogP contribution in [0.4, 0.5) is 0 Å². The van der Waals surface area contributed by atoms with E-state index >= 15 is 0 Å². The van der Waals surface area contributed by atoms with Crippen molar-refractivity contribution in [3.05, 3.63) is 77.9 Å². The molecule has 0 aromatic heterocycles. The van der Waals surface area contributed by atoms with Gasteiger partial charge in [-0.15, -0.1) is 0 Å². The van der Waals surface area contributed by atoms with Gasteiger partial charge in [-0.3, -0.25) is 0 Å². The number of rotatable bonds is 8. The highest BCUT2D eigenvalue weighted by Gasteiger charge is 2.43. The number of aryl methyl sites for hydroxylation is 2. The fourth-order valence-corrected chi connectivity index (χ4v) is 9.15. The van der Waals surface area contributed by atoms with Crippen LogP contribution in [0.25, 0.3) is 5.31 Å². The first-order valence-electron chi connectivity index (χ1n) is 12.9. The summed E-state index contributed by atoms with van der Waals surface area (Å²) in [5.74, 6) is 1.61. The molecule has 1 heteroatoms. The normalized spacial score (nSPS) is 28.9. The summed E-state index contributed by atoms with van der Waals surface area (Å²) in [6.07, 6.45) is 22.3. The van der Waals surface area contributed by atoms with Gasteiger partial charge in [0.2, 0.25) is 0 Å². The average molecular weight is 449 g/mol. The van der Waals surface area contributed by atoms with Crippen LogP contribution in [-0.4, -0.2) is 12.3 Å². The largest absolute Gasteiger partial charge is 0.0991 e. The second-order valence-electron chi connectivity index (χ2n) is 10.3. The lowest BCUT2D eigenvalue weighted by Crippen LogP contribution is -2.37. The van der Waals surface area contributed by atoms with Crippen molar-refractivity contribution < 1.29 is 0 Å². The lowest BCUT2D eigenvalue weighted by atomic mass is 9.60. The maximum atomic E-state index is 4.62. The molecule has 1 saturated heterocycles. The summed E-state index contributed by atoms with van der Waals surface area (Å²) in [6, 6.07) is 7.04. The van der Waals surface area contributed by atoms with E-state index in [0.717, 1.165) is 18.3 Å². The smallest absolute Gasteiger partial charge is 0.0157 e. The van der Waals surface area contributed by atoms with Crippen LogP contribution in [0.5, 0.6) is 0 Å². The number of allylic oxidation sites excluding steroid dienone is 5. The predicted molar refractivity (Wildman–Crippen MR) is 147 cm³/mol. The SMILES string of the molecule is C=C/C=C\C(=C/C)C1CC(CCC)CC2(CCP(C(=C)c3ccc(C)c(CC)c3)CC2)C1. The molecule has 0 radical (unpaired) electrons. The molecule has 2 fully saturated rings. The molecule has 32 heavy (non-hydrogen) atoms. The van der Waals surface area contributed by atoms with E-state index in [2.05, 4.69) is 77.3 Å². The summed E-state index contributed by atoms with van der Waals surface area (Å²) < 4.78 is 0. The van der Waals surface area contributed by atoms with E-state index < -0.39 is 0 Å². The van der Waals surface area contributed by atoms with Crippen molar-refractivity contribution in [1.29, 1.82) is 0 Å². The third-order valence-corrected chi connectivity index (χ3v) is 10.8. The molecule has 0 N–H and O–H groups in total. The van der Waals surface area contributed by atoms with Crippen LogP contribution in [0, 0.1) is 24.2 Å². The van der Waals surface area contributed by atoms with Gasteiger partial charge in [0.05, 0.1) is 0 Å². The van der Waals surface area contributed by atoms with Crippen LogP contribution < -0.4 is 0 Å². The van der Waals surface area contributed by atoms with E-state index in [9.17, 15) is 0 Å². The monoisotopic (exact) mass is 448 g/mol. The average Bonchev–Trinajstić information content (AvgIpc) is 2.80. The Morgan fingerprint density at radius 1 is 1.19 bits per heavy atom. The molecule has 174 valence electrons. The molecule has 0 amide bonds. The molecule has 1 spiro atoms. The lowest BCUT2D eigenvalue weighted by molar-refractivity contribution is 0.0890. The summed E-state index contributed by atoms with van der Waals surface area (Å²) in [4.78, 5) is 0. The summed E-state index contributed by atoms with van der Waals surface area (Å²) in [6.45, 7) is 17.6. The molecular weight excluding hydrogens is 403 g/mol. The van der Waals surface area contributed by atoms with Gasteiger partial charge < -0.3 is 0 Å². The molecule has 2 aliphatic rings. The second kappa shape index (κ2) is 11.7. The second-order valence-corrected chi connectivity index (χ2v) is 12.8. The first kappa shape index (κ1) is 25.2. The first-order chi connectivity index (χ1) is 15.4. The molecule has 1 saturated carbocycles. The molecule has 1 aromatic rings. The van der Waals surface area contributed by atoms with Gasteiger partial charge in [-0.05, 0) is 110 Å². The molecular formula is C31H45P. The van der Waals surface area contributed by atoms with E-state index in [-0.39, 0.29) is 7.92 Å². The van der Waals surface area contributed by atoms with Gasteiger partial charge in [-0.2, -0.15) is 0 Å². The summed E-state index contributed by atoms with van der Waals surface area (Å²) in [5, 5.41) is 1.45. The molecule has 1 aromatic carbocycles. The minimum atomic E-state index is -0.0881. The van der Waals surface area contributed by atoms with Crippen LogP contribution in [0.15, 0.2) is 61.2 Å². The number of hydrogen-bond acceptors (Lipinski definition) is 0. The molecule has 1 aliphatic carbocycles. The molecule has 2 atom stereocenters.